The van der Waals surface area contributed by atoms with Gasteiger partial charge in [-0.3, -0.25) is 4.21 Å². The van der Waals surface area contributed by atoms with Gasteiger partial charge in [0.1, 0.15) is 0 Å². The lowest BCUT2D eigenvalue weighted by atomic mass is 10.4. The number of nitrogens with one attached hydrogen (secondary N) is 1. The number of thiazole rings is 1. The van der Waals surface area contributed by atoms with Gasteiger partial charge in [0.2, 0.25) is 0 Å². The average Bonchev–Trinajstić information content (AvgIpc) is 2.79. The molecule has 6 heteroatoms. The molecule has 1 rings (SSSR count). The van der Waals surface area contributed by atoms with Crippen LogP contribution in [0.25, 0.3) is 0 Å². The highest BCUT2D eigenvalue weighted by Crippen LogP contribution is 2.21. The summed E-state index contributed by atoms with van der Waals surface area (Å²) < 4.78 is 10.9. The minimum atomic E-state index is -0.675. The Balaban J connectivity index is 2.29. The molecule has 104 valence electrons. The molecule has 0 fully saturated rings. The van der Waals surface area contributed by atoms with Gasteiger partial charge in [-0.2, -0.15) is 0 Å². The summed E-state index contributed by atoms with van der Waals surface area (Å²) in [5.74, 6) is 0.778. The summed E-state index contributed by atoms with van der Waals surface area (Å²) in [7, 11) is -0.675. The monoisotopic (exact) mass is 289 g/mol. The molecular formula is C12H23N3OS2. The van der Waals surface area contributed by atoms with E-state index in [9.17, 15) is 4.21 Å². The Morgan fingerprint density at radius 2 is 2.17 bits per heavy atom. The number of hydrogen-bond acceptors (Lipinski definition) is 5. The molecule has 0 aromatic carbocycles. The van der Waals surface area contributed by atoms with Crippen molar-refractivity contribution in [2.75, 3.05) is 36.5 Å². The highest BCUT2D eigenvalue weighted by atomic mass is 32.2. The van der Waals surface area contributed by atoms with Gasteiger partial charge in [0.15, 0.2) is 5.13 Å². The zero-order valence-corrected chi connectivity index (χ0v) is 13.1. The highest BCUT2D eigenvalue weighted by molar-refractivity contribution is 7.84. The minimum absolute atomic E-state index is 0.675. The van der Waals surface area contributed by atoms with Crippen molar-refractivity contribution < 1.29 is 4.21 Å². The molecule has 0 radical (unpaired) electrons. The predicted octanol–water partition coefficient (Wildman–Crippen LogP) is 1.85. The third kappa shape index (κ3) is 5.46. The van der Waals surface area contributed by atoms with Crippen LogP contribution in [0.1, 0.15) is 25.1 Å². The number of rotatable bonds is 9. The third-order valence-corrected chi connectivity index (χ3v) is 4.58. The Kier molecular flexibility index (Phi) is 7.46. The van der Waals surface area contributed by atoms with Gasteiger partial charge in [0.25, 0.3) is 0 Å². The van der Waals surface area contributed by atoms with Crippen molar-refractivity contribution in [1.82, 2.24) is 10.3 Å². The summed E-state index contributed by atoms with van der Waals surface area (Å²) in [6.07, 6.45) is 4.66. The molecule has 4 nitrogen and oxygen atoms in total. The Bertz CT molecular complexity index is 364. The zero-order chi connectivity index (χ0) is 13.4. The van der Waals surface area contributed by atoms with Crippen LogP contribution in [-0.2, 0) is 17.3 Å². The first-order valence-electron chi connectivity index (χ1n) is 6.37. The van der Waals surface area contributed by atoms with E-state index >= 15 is 0 Å². The zero-order valence-electron chi connectivity index (χ0n) is 11.4. The SMILES string of the molecule is CCN(CC)c1ncc(CNCCCS(C)=O)s1. The molecule has 1 atom stereocenters. The first-order valence-corrected chi connectivity index (χ1v) is 8.92. The van der Waals surface area contributed by atoms with Crippen molar-refractivity contribution in [3.63, 3.8) is 0 Å². The largest absolute Gasteiger partial charge is 0.349 e. The smallest absolute Gasteiger partial charge is 0.185 e. The van der Waals surface area contributed by atoms with E-state index in [0.29, 0.717) is 0 Å². The van der Waals surface area contributed by atoms with Gasteiger partial charge in [-0.15, -0.1) is 11.3 Å². The Labute approximate surface area is 116 Å². The maximum absolute atomic E-state index is 10.9. The van der Waals surface area contributed by atoms with Crippen molar-refractivity contribution in [3.05, 3.63) is 11.1 Å². The second kappa shape index (κ2) is 8.61. The molecule has 1 heterocycles. The van der Waals surface area contributed by atoms with Gasteiger partial charge in [-0.1, -0.05) is 0 Å². The van der Waals surface area contributed by atoms with Gasteiger partial charge in [-0.05, 0) is 26.8 Å². The van der Waals surface area contributed by atoms with Crippen LogP contribution in [0, 0.1) is 0 Å². The van der Waals surface area contributed by atoms with Crippen LogP contribution in [0.3, 0.4) is 0 Å². The van der Waals surface area contributed by atoms with Crippen molar-refractivity contribution in [3.8, 4) is 0 Å². The van der Waals surface area contributed by atoms with E-state index in [1.165, 1.54) is 4.88 Å². The summed E-state index contributed by atoms with van der Waals surface area (Å²) in [6, 6.07) is 0. The van der Waals surface area contributed by atoms with Gasteiger partial charge in [0, 0.05) is 53.5 Å². The molecule has 1 aromatic heterocycles. The molecule has 0 saturated heterocycles. The van der Waals surface area contributed by atoms with Gasteiger partial charge < -0.3 is 10.2 Å². The molecule has 0 saturated carbocycles. The summed E-state index contributed by atoms with van der Waals surface area (Å²) >= 11 is 1.75. The Morgan fingerprint density at radius 3 is 2.78 bits per heavy atom. The van der Waals surface area contributed by atoms with E-state index in [1.54, 1.807) is 17.6 Å². The average molecular weight is 289 g/mol. The molecule has 0 spiro atoms. The molecule has 1 unspecified atom stereocenters. The molecule has 0 amide bonds. The summed E-state index contributed by atoms with van der Waals surface area (Å²) in [4.78, 5) is 7.96. The van der Waals surface area contributed by atoms with E-state index in [1.807, 2.05) is 6.20 Å². The molecule has 0 bridgehead atoms. The molecule has 1 N–H and O–H groups in total. The normalized spacial score (nSPS) is 12.6. The second-order valence-corrected chi connectivity index (χ2v) is 6.74. The lowest BCUT2D eigenvalue weighted by Crippen LogP contribution is -2.21. The van der Waals surface area contributed by atoms with Crippen molar-refractivity contribution in [1.29, 1.82) is 0 Å². The maximum atomic E-state index is 10.9. The van der Waals surface area contributed by atoms with E-state index in [0.717, 1.165) is 43.5 Å². The molecule has 0 aliphatic rings. The van der Waals surface area contributed by atoms with E-state index in [4.69, 9.17) is 0 Å². The van der Waals surface area contributed by atoms with Crippen LogP contribution in [0.4, 0.5) is 5.13 Å². The Hall–Kier alpha value is -0.460. The predicted molar refractivity (Wildman–Crippen MR) is 80.9 cm³/mol. The Morgan fingerprint density at radius 1 is 1.44 bits per heavy atom. The second-order valence-electron chi connectivity index (χ2n) is 4.09. The standard InChI is InChI=1S/C12H23N3OS2/c1-4-15(5-2)12-14-10-11(17-12)9-13-7-6-8-18(3)16/h10,13H,4-9H2,1-3H3. The first kappa shape index (κ1) is 15.6. The van der Waals surface area contributed by atoms with E-state index in [-0.39, 0.29) is 0 Å². The third-order valence-electron chi connectivity index (χ3n) is 2.66. The minimum Gasteiger partial charge on any atom is -0.349 e. The molecular weight excluding hydrogens is 266 g/mol. The maximum Gasteiger partial charge on any atom is 0.185 e. The molecule has 18 heavy (non-hydrogen) atoms. The van der Waals surface area contributed by atoms with Crippen LogP contribution in [-0.4, -0.2) is 40.8 Å². The van der Waals surface area contributed by atoms with E-state index < -0.39 is 10.8 Å². The van der Waals surface area contributed by atoms with Crippen molar-refractivity contribution >= 4 is 27.3 Å². The van der Waals surface area contributed by atoms with Crippen molar-refractivity contribution in [2.45, 2.75) is 26.8 Å². The highest BCUT2D eigenvalue weighted by Gasteiger charge is 2.07. The summed E-state index contributed by atoms with van der Waals surface area (Å²) in [6.45, 7) is 8.06. The topological polar surface area (TPSA) is 45.2 Å². The molecule has 0 aliphatic heterocycles. The molecule has 1 aromatic rings. The first-order chi connectivity index (χ1) is 8.67. The number of aromatic nitrogens is 1. The van der Waals surface area contributed by atoms with Crippen LogP contribution in [0.15, 0.2) is 6.20 Å². The summed E-state index contributed by atoms with van der Waals surface area (Å²) in [5.41, 5.74) is 0. The molecule has 0 aliphatic carbocycles. The van der Waals surface area contributed by atoms with Crippen LogP contribution in [0.2, 0.25) is 0 Å². The van der Waals surface area contributed by atoms with Gasteiger partial charge >= 0.3 is 0 Å². The lowest BCUT2D eigenvalue weighted by molar-refractivity contribution is 0.665. The number of nitrogens with zero attached hydrogens (tertiary/aromatic N) is 2. The quantitative estimate of drug-likeness (QED) is 0.705. The fraction of sp³-hybridized carbons (Fsp3) is 0.750. The lowest BCUT2D eigenvalue weighted by Gasteiger charge is -2.16. The van der Waals surface area contributed by atoms with Crippen molar-refractivity contribution in [2.24, 2.45) is 0 Å². The number of anilines is 1. The fourth-order valence-electron chi connectivity index (χ4n) is 1.63. The fourth-order valence-corrected chi connectivity index (χ4v) is 3.19. The van der Waals surface area contributed by atoms with Crippen LogP contribution in [0.5, 0.6) is 0 Å². The van der Waals surface area contributed by atoms with Gasteiger partial charge in [-0.25, -0.2) is 4.98 Å². The van der Waals surface area contributed by atoms with Gasteiger partial charge in [0.05, 0.1) is 0 Å². The van der Waals surface area contributed by atoms with Crippen LogP contribution >= 0.6 is 11.3 Å². The number of hydrogen-bond donors (Lipinski definition) is 1. The van der Waals surface area contributed by atoms with Crippen LogP contribution < -0.4 is 10.2 Å². The summed E-state index contributed by atoms with van der Waals surface area (Å²) in [5, 5.41) is 4.47. The van der Waals surface area contributed by atoms with E-state index in [2.05, 4.69) is 29.0 Å².